The lowest BCUT2D eigenvalue weighted by Gasteiger charge is -2.00. The SMILES string of the molecule is c1cc(-c2ccc3sccc3c2)ccn1. The van der Waals surface area contributed by atoms with E-state index in [1.807, 2.05) is 24.5 Å². The Hall–Kier alpha value is -1.67. The van der Waals surface area contributed by atoms with Gasteiger partial charge in [0.2, 0.25) is 0 Å². The van der Waals surface area contributed by atoms with Crippen LogP contribution < -0.4 is 0 Å². The van der Waals surface area contributed by atoms with Crippen molar-refractivity contribution in [3.63, 3.8) is 0 Å². The first-order valence-corrected chi connectivity index (χ1v) is 5.69. The average Bonchev–Trinajstić information content (AvgIpc) is 2.77. The maximum Gasteiger partial charge on any atom is 0.0343 e. The van der Waals surface area contributed by atoms with Crippen molar-refractivity contribution in [3.8, 4) is 11.1 Å². The largest absolute Gasteiger partial charge is 0.265 e. The molecule has 0 aliphatic carbocycles. The third-order valence-electron chi connectivity index (χ3n) is 2.47. The highest BCUT2D eigenvalue weighted by Gasteiger charge is 1.99. The van der Waals surface area contributed by atoms with Crippen molar-refractivity contribution in [2.45, 2.75) is 0 Å². The molecule has 0 N–H and O–H groups in total. The van der Waals surface area contributed by atoms with Gasteiger partial charge in [-0.2, -0.15) is 0 Å². The van der Waals surface area contributed by atoms with E-state index in [2.05, 4.69) is 34.6 Å². The first-order chi connectivity index (χ1) is 7.43. The number of fused-ring (bicyclic) bond motifs is 1. The van der Waals surface area contributed by atoms with E-state index >= 15 is 0 Å². The molecule has 1 nitrogen and oxygen atoms in total. The second-order valence-corrected chi connectivity index (χ2v) is 4.36. The molecule has 0 aliphatic rings. The molecule has 0 radical (unpaired) electrons. The number of thiophene rings is 1. The fraction of sp³-hybridized carbons (Fsp3) is 0. The Morgan fingerprint density at radius 3 is 2.60 bits per heavy atom. The Labute approximate surface area is 92.0 Å². The molecule has 3 rings (SSSR count). The molecular formula is C13H9NS. The van der Waals surface area contributed by atoms with Gasteiger partial charge in [-0.25, -0.2) is 0 Å². The Bertz CT molecular complexity index is 584. The molecule has 0 atom stereocenters. The standard InChI is InChI=1S/C13H9NS/c1-2-13-12(5-8-15-13)9-11(1)10-3-6-14-7-4-10/h1-9H. The third-order valence-corrected chi connectivity index (χ3v) is 3.36. The summed E-state index contributed by atoms with van der Waals surface area (Å²) in [7, 11) is 0. The van der Waals surface area contributed by atoms with Crippen molar-refractivity contribution in [3.05, 3.63) is 54.2 Å². The topological polar surface area (TPSA) is 12.9 Å². The van der Waals surface area contributed by atoms with Crippen molar-refractivity contribution >= 4 is 21.4 Å². The normalized spacial score (nSPS) is 10.7. The highest BCUT2D eigenvalue weighted by molar-refractivity contribution is 7.17. The van der Waals surface area contributed by atoms with Gasteiger partial charge in [0, 0.05) is 17.1 Å². The lowest BCUT2D eigenvalue weighted by Crippen LogP contribution is -1.77. The molecule has 0 aliphatic heterocycles. The van der Waals surface area contributed by atoms with Gasteiger partial charge in [-0.15, -0.1) is 11.3 Å². The molecule has 3 aromatic rings. The maximum absolute atomic E-state index is 4.03. The van der Waals surface area contributed by atoms with E-state index in [9.17, 15) is 0 Å². The number of hydrogen-bond acceptors (Lipinski definition) is 2. The van der Waals surface area contributed by atoms with Gasteiger partial charge < -0.3 is 0 Å². The average molecular weight is 211 g/mol. The fourth-order valence-corrected chi connectivity index (χ4v) is 2.46. The van der Waals surface area contributed by atoms with Gasteiger partial charge in [0.05, 0.1) is 0 Å². The van der Waals surface area contributed by atoms with Crippen LogP contribution in [0.2, 0.25) is 0 Å². The number of pyridine rings is 1. The van der Waals surface area contributed by atoms with Crippen molar-refractivity contribution in [2.75, 3.05) is 0 Å². The Morgan fingerprint density at radius 1 is 0.867 bits per heavy atom. The molecule has 1 aromatic carbocycles. The molecule has 15 heavy (non-hydrogen) atoms. The lowest BCUT2D eigenvalue weighted by molar-refractivity contribution is 1.33. The summed E-state index contributed by atoms with van der Waals surface area (Å²) in [5.74, 6) is 0. The number of benzene rings is 1. The van der Waals surface area contributed by atoms with E-state index in [-0.39, 0.29) is 0 Å². The molecule has 0 spiro atoms. The van der Waals surface area contributed by atoms with Crippen LogP contribution in [0.5, 0.6) is 0 Å². The molecule has 0 bridgehead atoms. The zero-order valence-corrected chi connectivity index (χ0v) is 8.87. The number of aromatic nitrogens is 1. The number of nitrogens with zero attached hydrogens (tertiary/aromatic N) is 1. The molecule has 0 fully saturated rings. The summed E-state index contributed by atoms with van der Waals surface area (Å²) < 4.78 is 1.34. The van der Waals surface area contributed by atoms with Crippen LogP contribution in [0.4, 0.5) is 0 Å². The third kappa shape index (κ3) is 1.53. The monoisotopic (exact) mass is 211 g/mol. The van der Waals surface area contributed by atoms with Crippen LogP contribution in [-0.2, 0) is 0 Å². The summed E-state index contributed by atoms with van der Waals surface area (Å²) in [4.78, 5) is 4.03. The van der Waals surface area contributed by atoms with Gasteiger partial charge in [0.25, 0.3) is 0 Å². The molecule has 0 saturated heterocycles. The first-order valence-electron chi connectivity index (χ1n) is 4.81. The van der Waals surface area contributed by atoms with E-state index in [1.165, 1.54) is 21.2 Å². The Morgan fingerprint density at radius 2 is 1.73 bits per heavy atom. The molecule has 72 valence electrons. The highest BCUT2D eigenvalue weighted by atomic mass is 32.1. The molecule has 2 heteroatoms. The van der Waals surface area contributed by atoms with Gasteiger partial charge in [-0.05, 0) is 52.2 Å². The molecule has 2 aromatic heterocycles. The smallest absolute Gasteiger partial charge is 0.0343 e. The molecule has 0 unspecified atom stereocenters. The van der Waals surface area contributed by atoms with Crippen LogP contribution in [0.1, 0.15) is 0 Å². The van der Waals surface area contributed by atoms with Crippen molar-refractivity contribution in [1.82, 2.24) is 4.98 Å². The Balaban J connectivity index is 2.19. The van der Waals surface area contributed by atoms with Crippen LogP contribution in [0.3, 0.4) is 0 Å². The van der Waals surface area contributed by atoms with Crippen molar-refractivity contribution in [1.29, 1.82) is 0 Å². The molecule has 0 amide bonds. The maximum atomic E-state index is 4.03. The summed E-state index contributed by atoms with van der Waals surface area (Å²) in [6, 6.07) is 12.8. The minimum absolute atomic E-state index is 1.22. The zero-order chi connectivity index (χ0) is 10.1. The summed E-state index contributed by atoms with van der Waals surface area (Å²) in [5.41, 5.74) is 2.47. The van der Waals surface area contributed by atoms with Gasteiger partial charge >= 0.3 is 0 Å². The van der Waals surface area contributed by atoms with Crippen LogP contribution in [0.15, 0.2) is 54.2 Å². The van der Waals surface area contributed by atoms with E-state index < -0.39 is 0 Å². The van der Waals surface area contributed by atoms with E-state index in [1.54, 1.807) is 11.3 Å². The summed E-state index contributed by atoms with van der Waals surface area (Å²) in [6.45, 7) is 0. The molecule has 2 heterocycles. The number of rotatable bonds is 1. The lowest BCUT2D eigenvalue weighted by atomic mass is 10.1. The second kappa shape index (κ2) is 3.48. The summed E-state index contributed by atoms with van der Waals surface area (Å²) >= 11 is 1.78. The van der Waals surface area contributed by atoms with Crippen LogP contribution >= 0.6 is 11.3 Å². The summed E-state index contributed by atoms with van der Waals surface area (Å²) in [6.07, 6.45) is 3.65. The van der Waals surface area contributed by atoms with Crippen LogP contribution in [0, 0.1) is 0 Å². The predicted molar refractivity (Wildman–Crippen MR) is 65.1 cm³/mol. The second-order valence-electron chi connectivity index (χ2n) is 3.41. The highest BCUT2D eigenvalue weighted by Crippen LogP contribution is 2.26. The summed E-state index contributed by atoms with van der Waals surface area (Å²) in [5, 5.41) is 3.44. The number of hydrogen-bond donors (Lipinski definition) is 0. The van der Waals surface area contributed by atoms with Gasteiger partial charge in [-0.1, -0.05) is 6.07 Å². The predicted octanol–water partition coefficient (Wildman–Crippen LogP) is 3.96. The van der Waals surface area contributed by atoms with E-state index in [0.717, 1.165) is 0 Å². The minimum Gasteiger partial charge on any atom is -0.265 e. The van der Waals surface area contributed by atoms with Gasteiger partial charge in [0.15, 0.2) is 0 Å². The zero-order valence-electron chi connectivity index (χ0n) is 8.05. The van der Waals surface area contributed by atoms with Crippen LogP contribution in [-0.4, -0.2) is 4.98 Å². The van der Waals surface area contributed by atoms with Gasteiger partial charge in [-0.3, -0.25) is 4.98 Å². The minimum atomic E-state index is 1.22. The van der Waals surface area contributed by atoms with E-state index in [4.69, 9.17) is 0 Å². The fourth-order valence-electron chi connectivity index (χ4n) is 1.69. The van der Waals surface area contributed by atoms with Gasteiger partial charge in [0.1, 0.15) is 0 Å². The van der Waals surface area contributed by atoms with Crippen LogP contribution in [0.25, 0.3) is 21.2 Å². The molecule has 0 saturated carbocycles. The molecular weight excluding hydrogens is 202 g/mol. The Kier molecular flexibility index (Phi) is 2.00. The van der Waals surface area contributed by atoms with E-state index in [0.29, 0.717) is 0 Å². The quantitative estimate of drug-likeness (QED) is 0.593. The first kappa shape index (κ1) is 8.62. The van der Waals surface area contributed by atoms with Crippen molar-refractivity contribution in [2.24, 2.45) is 0 Å². The van der Waals surface area contributed by atoms with Crippen molar-refractivity contribution < 1.29 is 0 Å².